The molecule has 2 atom stereocenters. The van der Waals surface area contributed by atoms with E-state index in [1.54, 1.807) is 0 Å². The van der Waals surface area contributed by atoms with Crippen LogP contribution in [0.2, 0.25) is 0 Å². The molecule has 0 radical (unpaired) electrons. The number of likely N-dealkylation sites (N-methyl/N-ethyl adjacent to an activating group) is 1. The summed E-state index contributed by atoms with van der Waals surface area (Å²) in [5.41, 5.74) is 0. The van der Waals surface area contributed by atoms with Gasteiger partial charge in [0, 0.05) is 12.8 Å². The highest BCUT2D eigenvalue weighted by atomic mass is 16.7. The number of unbranched alkanes of at least 4 members (excludes halogenated alkanes) is 51. The lowest BCUT2D eigenvalue weighted by molar-refractivity contribution is -0.870. The van der Waals surface area contributed by atoms with Gasteiger partial charge in [-0.3, -0.25) is 9.59 Å². The Bertz CT molecular complexity index is 1240. The first kappa shape index (κ1) is 76.3. The molecule has 9 heteroatoms. The van der Waals surface area contributed by atoms with Gasteiger partial charge in [-0.15, -0.1) is 0 Å². The number of esters is 2. The molecule has 464 valence electrons. The van der Waals surface area contributed by atoms with Crippen molar-refractivity contribution in [2.24, 2.45) is 0 Å². The van der Waals surface area contributed by atoms with Crippen LogP contribution in [0.1, 0.15) is 367 Å². The summed E-state index contributed by atoms with van der Waals surface area (Å²) in [5.74, 6) is -1.97. The number of rotatable bonds is 66. The minimum Gasteiger partial charge on any atom is -0.477 e. The van der Waals surface area contributed by atoms with Crippen LogP contribution < -0.4 is 0 Å². The molecule has 0 aromatic rings. The fourth-order valence-electron chi connectivity index (χ4n) is 10.8. The molecule has 0 aromatic carbocycles. The van der Waals surface area contributed by atoms with E-state index in [9.17, 15) is 19.5 Å². The number of ether oxygens (including phenoxy) is 4. The Morgan fingerprint density at radius 3 is 0.821 bits per heavy atom. The van der Waals surface area contributed by atoms with Crippen LogP contribution in [-0.2, 0) is 33.3 Å². The van der Waals surface area contributed by atoms with Crippen LogP contribution >= 0.6 is 0 Å². The Morgan fingerprint density at radius 1 is 0.333 bits per heavy atom. The smallest absolute Gasteiger partial charge is 0.361 e. The highest BCUT2D eigenvalue weighted by molar-refractivity contribution is 5.71. The summed E-state index contributed by atoms with van der Waals surface area (Å²) < 4.78 is 23.0. The average molecular weight is 1110 g/mol. The maximum absolute atomic E-state index is 12.9. The van der Waals surface area contributed by atoms with E-state index in [1.165, 1.54) is 302 Å². The molecule has 2 unspecified atom stereocenters. The summed E-state index contributed by atoms with van der Waals surface area (Å²) in [6.07, 6.45) is 69.4. The second-order valence-electron chi connectivity index (χ2n) is 25.2. The molecule has 0 spiro atoms. The predicted octanol–water partition coefficient (Wildman–Crippen LogP) is 21.1. The summed E-state index contributed by atoms with van der Waals surface area (Å²) in [6.45, 7) is 4.97. The zero-order chi connectivity index (χ0) is 56.9. The Kier molecular flexibility index (Phi) is 60.0. The molecule has 78 heavy (non-hydrogen) atoms. The van der Waals surface area contributed by atoms with Gasteiger partial charge in [0.05, 0.1) is 34.4 Å². The molecule has 0 heterocycles. The molecule has 0 aliphatic heterocycles. The van der Waals surface area contributed by atoms with Gasteiger partial charge >= 0.3 is 17.9 Å². The number of carbonyl (C=O) groups is 3. The van der Waals surface area contributed by atoms with Crippen molar-refractivity contribution in [1.29, 1.82) is 0 Å². The second kappa shape index (κ2) is 61.4. The monoisotopic (exact) mass is 1110 g/mol. The SMILES string of the molecule is CCCCCCCCCCCCCCCCCCCCCCCCCCCCCCCCCC(=O)OC(COC(=O)CCCCCCCCCCCCCCCCCCCCCCCC)COC(OCC[N+](C)(C)C)C(=O)O. The quantitative estimate of drug-likeness (QED) is 0.0278. The molecule has 0 rings (SSSR count). The van der Waals surface area contributed by atoms with Crippen molar-refractivity contribution in [3.05, 3.63) is 0 Å². The summed E-state index contributed by atoms with van der Waals surface area (Å²) in [5, 5.41) is 9.74. The van der Waals surface area contributed by atoms with Crippen molar-refractivity contribution in [2.75, 3.05) is 47.5 Å². The lowest BCUT2D eigenvalue weighted by atomic mass is 10.0. The zero-order valence-corrected chi connectivity index (χ0v) is 53.1. The second-order valence-corrected chi connectivity index (χ2v) is 25.2. The first-order valence-electron chi connectivity index (χ1n) is 34.7. The van der Waals surface area contributed by atoms with Crippen molar-refractivity contribution < 1.29 is 42.9 Å². The van der Waals surface area contributed by atoms with Gasteiger partial charge in [0.2, 0.25) is 0 Å². The number of nitrogens with zero attached hydrogens (tertiary/aromatic N) is 1. The van der Waals surface area contributed by atoms with Crippen LogP contribution in [0.4, 0.5) is 0 Å². The van der Waals surface area contributed by atoms with Crippen molar-refractivity contribution in [3.63, 3.8) is 0 Å². The minimum absolute atomic E-state index is 0.172. The molecule has 0 bridgehead atoms. The molecule has 1 N–H and O–H groups in total. The van der Waals surface area contributed by atoms with Crippen LogP contribution in [0.3, 0.4) is 0 Å². The number of hydrogen-bond acceptors (Lipinski definition) is 7. The van der Waals surface area contributed by atoms with E-state index in [-0.39, 0.29) is 38.2 Å². The fourth-order valence-corrected chi connectivity index (χ4v) is 10.8. The van der Waals surface area contributed by atoms with Gasteiger partial charge in [-0.2, -0.15) is 0 Å². The van der Waals surface area contributed by atoms with Crippen molar-refractivity contribution in [2.45, 2.75) is 379 Å². The third-order valence-electron chi connectivity index (χ3n) is 16.1. The van der Waals surface area contributed by atoms with Gasteiger partial charge in [0.25, 0.3) is 6.29 Å². The third kappa shape index (κ3) is 61.9. The van der Waals surface area contributed by atoms with Crippen LogP contribution in [0.5, 0.6) is 0 Å². The van der Waals surface area contributed by atoms with Crippen LogP contribution in [0, 0.1) is 0 Å². The molecular weight excluding hydrogens is 971 g/mol. The number of quaternary nitrogens is 1. The molecule has 9 nitrogen and oxygen atoms in total. The maximum Gasteiger partial charge on any atom is 0.361 e. The van der Waals surface area contributed by atoms with Gasteiger partial charge in [0.1, 0.15) is 13.2 Å². The maximum atomic E-state index is 12.9. The van der Waals surface area contributed by atoms with Crippen molar-refractivity contribution in [3.8, 4) is 0 Å². The number of hydrogen-bond donors (Lipinski definition) is 1. The fraction of sp³-hybridized carbons (Fsp3) is 0.957. The van der Waals surface area contributed by atoms with E-state index < -0.39 is 18.4 Å². The molecule has 0 aliphatic rings. The number of aliphatic carboxylic acids is 1. The predicted molar refractivity (Wildman–Crippen MR) is 332 cm³/mol. The van der Waals surface area contributed by atoms with E-state index in [0.29, 0.717) is 17.4 Å². The zero-order valence-electron chi connectivity index (χ0n) is 53.1. The Balaban J connectivity index is 4.03. The van der Waals surface area contributed by atoms with Crippen LogP contribution in [-0.4, -0.2) is 87.4 Å². The van der Waals surface area contributed by atoms with Gasteiger partial charge < -0.3 is 28.5 Å². The lowest BCUT2D eigenvalue weighted by Gasteiger charge is -2.25. The van der Waals surface area contributed by atoms with Crippen LogP contribution in [0.15, 0.2) is 0 Å². The van der Waals surface area contributed by atoms with E-state index in [2.05, 4.69) is 13.8 Å². The van der Waals surface area contributed by atoms with Gasteiger partial charge in [0.15, 0.2) is 6.10 Å². The lowest BCUT2D eigenvalue weighted by Crippen LogP contribution is -2.40. The largest absolute Gasteiger partial charge is 0.477 e. The summed E-state index contributed by atoms with van der Waals surface area (Å²) in [7, 11) is 5.99. The third-order valence-corrected chi connectivity index (χ3v) is 16.1. The van der Waals surface area contributed by atoms with E-state index >= 15 is 0 Å². The van der Waals surface area contributed by atoms with Crippen LogP contribution in [0.25, 0.3) is 0 Å². The number of carboxylic acids is 1. The van der Waals surface area contributed by atoms with E-state index in [1.807, 2.05) is 21.1 Å². The minimum atomic E-state index is -1.50. The molecule has 0 amide bonds. The molecule has 0 aromatic heterocycles. The van der Waals surface area contributed by atoms with E-state index in [0.717, 1.165) is 38.5 Å². The molecular formula is C69H136NO8+. The molecule has 0 aliphatic carbocycles. The highest BCUT2D eigenvalue weighted by Gasteiger charge is 2.25. The Hall–Kier alpha value is -1.71. The molecule has 0 saturated carbocycles. The van der Waals surface area contributed by atoms with Gasteiger partial charge in [-0.25, -0.2) is 4.79 Å². The van der Waals surface area contributed by atoms with Crippen molar-refractivity contribution >= 4 is 17.9 Å². The number of carbonyl (C=O) groups excluding carboxylic acids is 2. The average Bonchev–Trinajstić information content (AvgIpc) is 3.41. The van der Waals surface area contributed by atoms with Crippen molar-refractivity contribution in [1.82, 2.24) is 0 Å². The first-order chi connectivity index (χ1) is 38.1. The van der Waals surface area contributed by atoms with Gasteiger partial charge in [-0.1, -0.05) is 341 Å². The topological polar surface area (TPSA) is 108 Å². The highest BCUT2D eigenvalue weighted by Crippen LogP contribution is 2.19. The summed E-state index contributed by atoms with van der Waals surface area (Å²) in [6, 6.07) is 0. The first-order valence-corrected chi connectivity index (χ1v) is 34.7. The normalized spacial score (nSPS) is 12.6. The number of carboxylic acid groups (broad SMARTS) is 1. The summed E-state index contributed by atoms with van der Waals surface area (Å²) in [4.78, 5) is 37.6. The Labute approximate surface area is 485 Å². The summed E-state index contributed by atoms with van der Waals surface area (Å²) >= 11 is 0. The van der Waals surface area contributed by atoms with Gasteiger partial charge in [-0.05, 0) is 12.8 Å². The Morgan fingerprint density at radius 2 is 0.577 bits per heavy atom. The molecule has 0 fully saturated rings. The van der Waals surface area contributed by atoms with E-state index in [4.69, 9.17) is 18.9 Å². The molecule has 0 saturated heterocycles. The standard InChI is InChI=1S/C69H135NO8/c1-6-8-10-12-14-16-18-20-22-24-26-28-30-31-32-33-34-35-36-37-38-40-42-44-46-48-50-52-54-56-58-60-67(72)78-65(64-77-69(68(73)74)75-62-61-70(3,4)5)63-76-66(71)59-57-55-53-51-49-47-45-43-41-39-29-27-25-23-21-19-17-15-13-11-9-7-2/h65,69H,6-64H2,1-5H3/p+1.